The summed E-state index contributed by atoms with van der Waals surface area (Å²) in [7, 11) is 0. The molecular weight excluding hydrogens is 268 g/mol. The van der Waals surface area contributed by atoms with Crippen molar-refractivity contribution in [2.24, 2.45) is 0 Å². The van der Waals surface area contributed by atoms with Crippen molar-refractivity contribution < 1.29 is 0 Å². The minimum atomic E-state index is 0.298. The van der Waals surface area contributed by atoms with E-state index in [9.17, 15) is 0 Å². The number of thioether (sulfide) groups is 1. The number of aromatic nitrogens is 2. The Balaban J connectivity index is 2.01. The summed E-state index contributed by atoms with van der Waals surface area (Å²) in [6.07, 6.45) is 4.18. The summed E-state index contributed by atoms with van der Waals surface area (Å²) >= 11 is 8.12. The SMILES string of the molecule is CCNc1ncc(Cl)c(NCC2(C)CCCS2)n1. The lowest BCUT2D eigenvalue weighted by Crippen LogP contribution is -2.27. The van der Waals surface area contributed by atoms with E-state index in [1.54, 1.807) is 6.20 Å². The molecule has 4 nitrogen and oxygen atoms in total. The first-order valence-corrected chi connectivity index (χ1v) is 7.63. The van der Waals surface area contributed by atoms with Crippen LogP contribution in [-0.2, 0) is 0 Å². The summed E-state index contributed by atoms with van der Waals surface area (Å²) in [6, 6.07) is 0. The van der Waals surface area contributed by atoms with Crippen LogP contribution in [0.1, 0.15) is 26.7 Å². The van der Waals surface area contributed by atoms with Gasteiger partial charge >= 0.3 is 0 Å². The molecule has 1 saturated heterocycles. The second kappa shape index (κ2) is 5.97. The zero-order valence-corrected chi connectivity index (χ0v) is 12.4. The highest BCUT2D eigenvalue weighted by atomic mass is 35.5. The van der Waals surface area contributed by atoms with Gasteiger partial charge in [-0.15, -0.1) is 0 Å². The Morgan fingerprint density at radius 1 is 1.50 bits per heavy atom. The van der Waals surface area contributed by atoms with Crippen LogP contribution >= 0.6 is 23.4 Å². The molecule has 0 saturated carbocycles. The Kier molecular flexibility index (Phi) is 4.56. The van der Waals surface area contributed by atoms with Gasteiger partial charge in [0.05, 0.1) is 6.20 Å². The Morgan fingerprint density at radius 3 is 3.00 bits per heavy atom. The number of nitrogens with one attached hydrogen (secondary N) is 2. The molecule has 1 aromatic heterocycles. The first-order chi connectivity index (χ1) is 8.63. The number of nitrogens with zero attached hydrogens (tertiary/aromatic N) is 2. The van der Waals surface area contributed by atoms with Crippen LogP contribution in [0.4, 0.5) is 11.8 Å². The Morgan fingerprint density at radius 2 is 2.33 bits per heavy atom. The molecule has 6 heteroatoms. The zero-order chi connectivity index (χ0) is 13.0. The molecule has 1 unspecified atom stereocenters. The summed E-state index contributed by atoms with van der Waals surface area (Å²) in [5.41, 5.74) is 0. The van der Waals surface area contributed by atoms with E-state index in [2.05, 4.69) is 27.5 Å². The van der Waals surface area contributed by atoms with Gasteiger partial charge < -0.3 is 10.6 Å². The van der Waals surface area contributed by atoms with Gasteiger partial charge in [-0.2, -0.15) is 16.7 Å². The molecule has 2 N–H and O–H groups in total. The van der Waals surface area contributed by atoms with Gasteiger partial charge in [0.25, 0.3) is 0 Å². The fourth-order valence-corrected chi connectivity index (χ4v) is 3.38. The van der Waals surface area contributed by atoms with Gasteiger partial charge in [-0.05, 0) is 32.4 Å². The molecule has 0 aromatic carbocycles. The second-order valence-electron chi connectivity index (χ2n) is 4.68. The lowest BCUT2D eigenvalue weighted by atomic mass is 10.1. The van der Waals surface area contributed by atoms with Crippen molar-refractivity contribution in [2.75, 3.05) is 29.5 Å². The fourth-order valence-electron chi connectivity index (χ4n) is 1.98. The summed E-state index contributed by atoms with van der Waals surface area (Å²) in [4.78, 5) is 8.51. The van der Waals surface area contributed by atoms with Crippen LogP contribution in [0.5, 0.6) is 0 Å². The predicted octanol–water partition coefficient (Wildman–Crippen LogP) is 3.26. The van der Waals surface area contributed by atoms with Crippen molar-refractivity contribution in [1.82, 2.24) is 9.97 Å². The Bertz CT molecular complexity index is 407. The third kappa shape index (κ3) is 3.42. The van der Waals surface area contributed by atoms with E-state index in [-0.39, 0.29) is 0 Å². The quantitative estimate of drug-likeness (QED) is 0.870. The van der Waals surface area contributed by atoms with E-state index in [1.807, 2.05) is 18.7 Å². The van der Waals surface area contributed by atoms with Gasteiger partial charge in [0.1, 0.15) is 5.02 Å². The summed E-state index contributed by atoms with van der Waals surface area (Å²) in [5, 5.41) is 7.01. The first kappa shape index (κ1) is 13.7. The predicted molar refractivity (Wildman–Crippen MR) is 79.8 cm³/mol. The molecule has 0 bridgehead atoms. The molecule has 0 spiro atoms. The molecule has 1 aromatic rings. The minimum absolute atomic E-state index is 0.298. The molecule has 0 radical (unpaired) electrons. The van der Waals surface area contributed by atoms with Crippen molar-refractivity contribution in [2.45, 2.75) is 31.4 Å². The van der Waals surface area contributed by atoms with Crippen LogP contribution < -0.4 is 10.6 Å². The molecule has 0 amide bonds. The summed E-state index contributed by atoms with van der Waals surface area (Å²) < 4.78 is 0.298. The van der Waals surface area contributed by atoms with Crippen LogP contribution in [0.2, 0.25) is 5.02 Å². The Hall–Kier alpha value is -0.680. The van der Waals surface area contributed by atoms with Crippen molar-refractivity contribution in [3.8, 4) is 0 Å². The standard InChI is InChI=1S/C12H19ClN4S/c1-3-14-11-15-7-9(13)10(17-11)16-8-12(2)5-4-6-18-12/h7H,3-6,8H2,1-2H3,(H2,14,15,16,17). The second-order valence-corrected chi connectivity index (χ2v) is 6.77. The molecule has 2 heterocycles. The monoisotopic (exact) mass is 286 g/mol. The summed E-state index contributed by atoms with van der Waals surface area (Å²) in [5.74, 6) is 2.59. The van der Waals surface area contributed by atoms with Crippen molar-refractivity contribution in [3.63, 3.8) is 0 Å². The maximum absolute atomic E-state index is 6.11. The average molecular weight is 287 g/mol. The molecular formula is C12H19ClN4S. The molecule has 1 aliphatic rings. The first-order valence-electron chi connectivity index (χ1n) is 6.27. The van der Waals surface area contributed by atoms with E-state index in [1.165, 1.54) is 18.6 Å². The van der Waals surface area contributed by atoms with E-state index in [0.29, 0.717) is 15.7 Å². The normalized spacial score (nSPS) is 23.1. The van der Waals surface area contributed by atoms with Crippen LogP contribution in [0.3, 0.4) is 0 Å². The lowest BCUT2D eigenvalue weighted by molar-refractivity contribution is 0.633. The molecule has 1 atom stereocenters. The van der Waals surface area contributed by atoms with E-state index >= 15 is 0 Å². The molecule has 100 valence electrons. The van der Waals surface area contributed by atoms with E-state index < -0.39 is 0 Å². The highest BCUT2D eigenvalue weighted by Crippen LogP contribution is 2.37. The largest absolute Gasteiger partial charge is 0.367 e. The van der Waals surface area contributed by atoms with Gasteiger partial charge in [-0.25, -0.2) is 4.98 Å². The van der Waals surface area contributed by atoms with Gasteiger partial charge in [0.2, 0.25) is 5.95 Å². The van der Waals surface area contributed by atoms with Crippen LogP contribution in [0.15, 0.2) is 6.20 Å². The minimum Gasteiger partial charge on any atom is -0.367 e. The molecule has 0 aliphatic carbocycles. The van der Waals surface area contributed by atoms with Crippen LogP contribution in [-0.4, -0.2) is 33.6 Å². The van der Waals surface area contributed by atoms with Crippen LogP contribution in [0, 0.1) is 0 Å². The number of hydrogen-bond acceptors (Lipinski definition) is 5. The molecule has 1 aliphatic heterocycles. The van der Waals surface area contributed by atoms with E-state index in [4.69, 9.17) is 11.6 Å². The number of anilines is 2. The third-order valence-electron chi connectivity index (χ3n) is 3.01. The lowest BCUT2D eigenvalue weighted by Gasteiger charge is -2.23. The summed E-state index contributed by atoms with van der Waals surface area (Å²) in [6.45, 7) is 5.99. The van der Waals surface area contributed by atoms with Crippen molar-refractivity contribution >= 4 is 35.1 Å². The number of halogens is 1. The number of hydrogen-bond donors (Lipinski definition) is 2. The van der Waals surface area contributed by atoms with Gasteiger partial charge in [-0.3, -0.25) is 0 Å². The molecule has 2 rings (SSSR count). The van der Waals surface area contributed by atoms with Crippen molar-refractivity contribution in [1.29, 1.82) is 0 Å². The average Bonchev–Trinajstić information content (AvgIpc) is 2.78. The maximum atomic E-state index is 6.11. The van der Waals surface area contributed by atoms with Crippen molar-refractivity contribution in [3.05, 3.63) is 11.2 Å². The van der Waals surface area contributed by atoms with Crippen LogP contribution in [0.25, 0.3) is 0 Å². The van der Waals surface area contributed by atoms with Gasteiger partial charge in [0.15, 0.2) is 5.82 Å². The smallest absolute Gasteiger partial charge is 0.224 e. The zero-order valence-electron chi connectivity index (χ0n) is 10.8. The molecule has 18 heavy (non-hydrogen) atoms. The maximum Gasteiger partial charge on any atom is 0.224 e. The topological polar surface area (TPSA) is 49.8 Å². The fraction of sp³-hybridized carbons (Fsp3) is 0.667. The van der Waals surface area contributed by atoms with Gasteiger partial charge in [0, 0.05) is 17.8 Å². The number of rotatable bonds is 5. The van der Waals surface area contributed by atoms with E-state index in [0.717, 1.165) is 18.9 Å². The third-order valence-corrected chi connectivity index (χ3v) is 4.82. The highest BCUT2D eigenvalue weighted by molar-refractivity contribution is 8.00. The highest BCUT2D eigenvalue weighted by Gasteiger charge is 2.29. The van der Waals surface area contributed by atoms with Gasteiger partial charge in [-0.1, -0.05) is 11.6 Å². The Labute approximate surface area is 117 Å². The molecule has 1 fully saturated rings.